The van der Waals surface area contributed by atoms with Gasteiger partial charge in [0, 0.05) is 5.41 Å². The minimum atomic E-state index is -0.749. The number of allylic oxidation sites excluding steroid dienone is 1. The molecule has 2 unspecified atom stereocenters. The van der Waals surface area contributed by atoms with Crippen LogP contribution < -0.4 is 11.5 Å². The van der Waals surface area contributed by atoms with Crippen LogP contribution in [0.3, 0.4) is 0 Å². The molecule has 2 heteroatoms. The van der Waals surface area contributed by atoms with Crippen molar-refractivity contribution in [3.63, 3.8) is 0 Å². The molecule has 2 atom stereocenters. The van der Waals surface area contributed by atoms with Gasteiger partial charge in [0.05, 0.1) is 5.66 Å². The number of fused-ring (bicyclic) bond motifs is 3. The maximum Gasteiger partial charge on any atom is 0.0998 e. The van der Waals surface area contributed by atoms with Crippen LogP contribution in [0.1, 0.15) is 49.3 Å². The average Bonchev–Trinajstić information content (AvgIpc) is 2.45. The lowest BCUT2D eigenvalue weighted by molar-refractivity contribution is 0.180. The van der Waals surface area contributed by atoms with Gasteiger partial charge in [0.2, 0.25) is 0 Å². The second kappa shape index (κ2) is 3.46. The summed E-state index contributed by atoms with van der Waals surface area (Å²) in [5.41, 5.74) is 17.3. The summed E-state index contributed by atoms with van der Waals surface area (Å²) in [4.78, 5) is 0. The molecule has 0 fully saturated rings. The Morgan fingerprint density at radius 3 is 2.67 bits per heavy atom. The van der Waals surface area contributed by atoms with Crippen molar-refractivity contribution in [2.45, 2.75) is 45.2 Å². The third-order valence-electron chi connectivity index (χ3n) is 5.02. The van der Waals surface area contributed by atoms with Crippen LogP contribution in [0.5, 0.6) is 0 Å². The zero-order chi connectivity index (χ0) is 13.1. The second-order valence-corrected chi connectivity index (χ2v) is 6.32. The van der Waals surface area contributed by atoms with E-state index in [-0.39, 0.29) is 5.41 Å². The van der Waals surface area contributed by atoms with E-state index in [0.717, 1.165) is 18.4 Å². The largest absolute Gasteiger partial charge is 0.309 e. The Kier molecular flexibility index (Phi) is 2.30. The fraction of sp³-hybridized carbons (Fsp3) is 0.500. The molecule has 0 aromatic heterocycles. The highest BCUT2D eigenvalue weighted by Crippen LogP contribution is 2.59. The molecule has 0 spiro atoms. The molecule has 2 aliphatic rings. The number of rotatable bonds is 0. The fourth-order valence-electron chi connectivity index (χ4n) is 3.87. The van der Waals surface area contributed by atoms with Crippen LogP contribution in [-0.2, 0) is 5.66 Å². The molecule has 2 nitrogen and oxygen atoms in total. The van der Waals surface area contributed by atoms with Crippen molar-refractivity contribution in [1.29, 1.82) is 0 Å². The second-order valence-electron chi connectivity index (χ2n) is 6.32. The minimum Gasteiger partial charge on any atom is -0.309 e. The van der Waals surface area contributed by atoms with Crippen LogP contribution in [0.25, 0.3) is 0 Å². The van der Waals surface area contributed by atoms with E-state index in [9.17, 15) is 0 Å². The highest BCUT2D eigenvalue weighted by atomic mass is 15.0. The minimum absolute atomic E-state index is 0.147. The molecular formula is C16H22N2. The van der Waals surface area contributed by atoms with Crippen molar-refractivity contribution in [2.24, 2.45) is 16.9 Å². The molecule has 0 radical (unpaired) electrons. The van der Waals surface area contributed by atoms with Crippen LogP contribution in [0, 0.1) is 12.3 Å². The van der Waals surface area contributed by atoms with Crippen LogP contribution >= 0.6 is 0 Å². The van der Waals surface area contributed by atoms with E-state index < -0.39 is 5.66 Å². The average molecular weight is 242 g/mol. The highest BCUT2D eigenvalue weighted by Gasteiger charge is 2.56. The molecule has 18 heavy (non-hydrogen) atoms. The van der Waals surface area contributed by atoms with E-state index in [1.165, 1.54) is 16.7 Å². The summed E-state index contributed by atoms with van der Waals surface area (Å²) in [5, 5.41) is 0. The van der Waals surface area contributed by atoms with Gasteiger partial charge in [-0.1, -0.05) is 42.3 Å². The summed E-state index contributed by atoms with van der Waals surface area (Å²) in [6.45, 7) is 6.50. The van der Waals surface area contributed by atoms with Gasteiger partial charge in [-0.25, -0.2) is 0 Å². The number of aryl methyl sites for hydroxylation is 1. The predicted molar refractivity (Wildman–Crippen MR) is 75.1 cm³/mol. The maximum absolute atomic E-state index is 6.54. The molecule has 0 bridgehead atoms. The quantitative estimate of drug-likeness (QED) is 0.543. The normalized spacial score (nSPS) is 32.7. The summed E-state index contributed by atoms with van der Waals surface area (Å²) in [6.07, 6.45) is 4.63. The summed E-state index contributed by atoms with van der Waals surface area (Å²) >= 11 is 0. The van der Waals surface area contributed by atoms with Crippen molar-refractivity contribution in [2.75, 3.05) is 0 Å². The summed E-state index contributed by atoms with van der Waals surface area (Å²) in [7, 11) is 0. The first-order valence-corrected chi connectivity index (χ1v) is 6.73. The maximum atomic E-state index is 6.54. The lowest BCUT2D eigenvalue weighted by Gasteiger charge is -2.43. The molecule has 1 aromatic carbocycles. The van der Waals surface area contributed by atoms with Gasteiger partial charge in [-0.2, -0.15) is 0 Å². The first-order chi connectivity index (χ1) is 8.36. The Bertz CT molecular complexity index is 542. The molecule has 96 valence electrons. The van der Waals surface area contributed by atoms with Crippen molar-refractivity contribution in [3.8, 4) is 0 Å². The highest BCUT2D eigenvalue weighted by molar-refractivity contribution is 5.50. The Hall–Kier alpha value is -1.12. The van der Waals surface area contributed by atoms with E-state index in [0.29, 0.717) is 5.92 Å². The van der Waals surface area contributed by atoms with E-state index >= 15 is 0 Å². The SMILES string of the molecule is CC1=CC2(C)C(CC1)c1ccc(C)cc1C2(N)N. The van der Waals surface area contributed by atoms with Gasteiger partial charge in [0.25, 0.3) is 0 Å². The lowest BCUT2D eigenvalue weighted by atomic mass is 9.66. The van der Waals surface area contributed by atoms with Gasteiger partial charge in [0.1, 0.15) is 0 Å². The number of nitrogens with two attached hydrogens (primary N) is 2. The summed E-state index contributed by atoms with van der Waals surface area (Å²) in [6, 6.07) is 6.57. The number of hydrogen-bond donors (Lipinski definition) is 2. The summed E-state index contributed by atoms with van der Waals surface area (Å²) < 4.78 is 0. The molecule has 1 aromatic rings. The molecule has 3 rings (SSSR count). The monoisotopic (exact) mass is 242 g/mol. The smallest absolute Gasteiger partial charge is 0.0998 e. The molecule has 4 N–H and O–H groups in total. The first-order valence-electron chi connectivity index (χ1n) is 6.73. The Morgan fingerprint density at radius 2 is 1.94 bits per heavy atom. The molecule has 0 aliphatic heterocycles. The number of hydrogen-bond acceptors (Lipinski definition) is 2. The molecule has 0 amide bonds. The van der Waals surface area contributed by atoms with Gasteiger partial charge >= 0.3 is 0 Å². The van der Waals surface area contributed by atoms with Crippen molar-refractivity contribution in [3.05, 3.63) is 46.5 Å². The van der Waals surface area contributed by atoms with Crippen molar-refractivity contribution < 1.29 is 0 Å². The fourth-order valence-corrected chi connectivity index (χ4v) is 3.87. The van der Waals surface area contributed by atoms with Gasteiger partial charge < -0.3 is 11.5 Å². The predicted octanol–water partition coefficient (Wildman–Crippen LogP) is 2.91. The van der Waals surface area contributed by atoms with Gasteiger partial charge in [-0.15, -0.1) is 0 Å². The topological polar surface area (TPSA) is 52.0 Å². The van der Waals surface area contributed by atoms with Crippen LogP contribution in [-0.4, -0.2) is 0 Å². The molecular weight excluding hydrogens is 220 g/mol. The standard InChI is InChI=1S/C16H22N2/c1-10-4-6-12-13-7-5-11(2)9-15(13,3)16(17,18)14(12)8-10/h4,6,8-9,13H,5,7,17-18H2,1-3H3. The molecule has 0 saturated carbocycles. The third kappa shape index (κ3) is 1.30. The van der Waals surface area contributed by atoms with Crippen molar-refractivity contribution >= 4 is 0 Å². The zero-order valence-electron chi connectivity index (χ0n) is 11.5. The molecule has 0 saturated heterocycles. The van der Waals surface area contributed by atoms with Crippen molar-refractivity contribution in [1.82, 2.24) is 0 Å². The van der Waals surface area contributed by atoms with E-state index in [1.54, 1.807) is 0 Å². The van der Waals surface area contributed by atoms with Crippen LogP contribution in [0.2, 0.25) is 0 Å². The van der Waals surface area contributed by atoms with Gasteiger partial charge in [0.15, 0.2) is 0 Å². The first kappa shape index (κ1) is 11.9. The van der Waals surface area contributed by atoms with Crippen LogP contribution in [0.15, 0.2) is 29.8 Å². The van der Waals surface area contributed by atoms with Gasteiger partial charge in [-0.3, -0.25) is 0 Å². The number of benzene rings is 1. The van der Waals surface area contributed by atoms with E-state index in [4.69, 9.17) is 11.5 Å². The molecule has 0 heterocycles. The molecule has 2 aliphatic carbocycles. The summed E-state index contributed by atoms with van der Waals surface area (Å²) in [5.74, 6) is 0.465. The zero-order valence-corrected chi connectivity index (χ0v) is 11.5. The Labute approximate surface area is 109 Å². The lowest BCUT2D eigenvalue weighted by Crippen LogP contribution is -2.56. The van der Waals surface area contributed by atoms with Gasteiger partial charge in [-0.05, 0) is 43.7 Å². The Morgan fingerprint density at radius 1 is 1.22 bits per heavy atom. The van der Waals surface area contributed by atoms with E-state index in [1.807, 2.05) is 0 Å². The third-order valence-corrected chi connectivity index (χ3v) is 5.02. The van der Waals surface area contributed by atoms with E-state index in [2.05, 4.69) is 45.0 Å². The Balaban J connectivity index is 2.26. The van der Waals surface area contributed by atoms with Crippen LogP contribution in [0.4, 0.5) is 0 Å².